The van der Waals surface area contributed by atoms with E-state index >= 15 is 0 Å². The third-order valence-electron chi connectivity index (χ3n) is 11.4. The van der Waals surface area contributed by atoms with Crippen LogP contribution >= 0.6 is 0 Å². The Balaban J connectivity index is 1.38. The second-order valence-corrected chi connectivity index (χ2v) is 15.7. The van der Waals surface area contributed by atoms with Crippen molar-refractivity contribution in [1.29, 1.82) is 0 Å². The molecule has 0 aliphatic heterocycles. The molecule has 0 aliphatic rings. The van der Waals surface area contributed by atoms with Crippen LogP contribution in [0.1, 0.15) is 81.0 Å². The summed E-state index contributed by atoms with van der Waals surface area (Å²) in [6.45, 7) is 13.5. The van der Waals surface area contributed by atoms with E-state index in [1.54, 1.807) is 0 Å². The van der Waals surface area contributed by atoms with Gasteiger partial charge in [-0.25, -0.2) is 0 Å². The van der Waals surface area contributed by atoms with Crippen LogP contribution in [-0.2, 0) is 0 Å². The van der Waals surface area contributed by atoms with Crippen molar-refractivity contribution in [3.63, 3.8) is 0 Å². The summed E-state index contributed by atoms with van der Waals surface area (Å²) < 4.78 is 0. The van der Waals surface area contributed by atoms with Gasteiger partial charge in [0.15, 0.2) is 0 Å². The molecular formula is C53H52N2. The highest BCUT2D eigenvalue weighted by Crippen LogP contribution is 2.48. The Bertz CT molecular complexity index is 2560. The molecule has 2 heteroatoms. The number of hydrogen-bond donors (Lipinski definition) is 0. The number of benzene rings is 8. The van der Waals surface area contributed by atoms with Gasteiger partial charge in [-0.3, -0.25) is 0 Å². The zero-order chi connectivity index (χ0) is 38.1. The van der Waals surface area contributed by atoms with Gasteiger partial charge in [0.05, 0.1) is 11.4 Å². The number of nitrogens with zero attached hydrogens (tertiary/aromatic N) is 2. The van der Waals surface area contributed by atoms with Gasteiger partial charge in [-0.05, 0) is 125 Å². The highest BCUT2D eigenvalue weighted by atomic mass is 15.1. The van der Waals surface area contributed by atoms with Crippen molar-refractivity contribution in [2.24, 2.45) is 0 Å². The molecule has 274 valence electrons. The van der Waals surface area contributed by atoms with Gasteiger partial charge in [-0.2, -0.15) is 0 Å². The van der Waals surface area contributed by atoms with Crippen LogP contribution in [-0.4, -0.2) is 0 Å². The van der Waals surface area contributed by atoms with Crippen LogP contribution < -0.4 is 9.80 Å². The summed E-state index contributed by atoms with van der Waals surface area (Å²) in [5, 5.41) is 7.41. The van der Waals surface area contributed by atoms with Crippen molar-refractivity contribution in [3.8, 4) is 0 Å². The third-order valence-corrected chi connectivity index (χ3v) is 11.4. The Morgan fingerprint density at radius 2 is 0.782 bits per heavy atom. The van der Waals surface area contributed by atoms with Gasteiger partial charge < -0.3 is 9.80 Å². The minimum absolute atomic E-state index is 0.468. The predicted octanol–water partition coefficient (Wildman–Crippen LogP) is 16.1. The number of anilines is 6. The first kappa shape index (κ1) is 36.1. The second kappa shape index (κ2) is 15.5. The molecule has 0 saturated heterocycles. The van der Waals surface area contributed by atoms with Gasteiger partial charge in [0, 0.05) is 33.5 Å². The molecule has 0 spiro atoms. The Morgan fingerprint density at radius 3 is 1.16 bits per heavy atom. The lowest BCUT2D eigenvalue weighted by molar-refractivity contribution is 0.624. The molecule has 0 fully saturated rings. The summed E-state index contributed by atoms with van der Waals surface area (Å²) in [6.07, 6.45) is 3.70. The molecule has 0 N–H and O–H groups in total. The standard InChI is InChI=1S/C53H52N2/c1-7-8-13-39(6)41-24-32-45(33-25-41)55(43-28-20-38(5)21-29-43)53-35-51-46-14-9-11-16-48(46)52(34-50(51)47-15-10-12-17-49(47)53)54(42-26-18-37(4)19-27-42)44-30-22-40(23-31-44)36(2)3/h9-12,14-36,39H,7-8,13H2,1-6H3. The Kier molecular flexibility index (Phi) is 10.2. The summed E-state index contributed by atoms with van der Waals surface area (Å²) in [5.41, 5.74) is 12.2. The lowest BCUT2D eigenvalue weighted by atomic mass is 9.93. The van der Waals surface area contributed by atoms with Crippen LogP contribution in [0.3, 0.4) is 0 Å². The Labute approximate surface area is 327 Å². The molecule has 0 aromatic heterocycles. The van der Waals surface area contributed by atoms with E-state index in [1.165, 1.54) is 85.2 Å². The van der Waals surface area contributed by atoms with E-state index in [0.29, 0.717) is 11.8 Å². The molecule has 0 saturated carbocycles. The quantitative estimate of drug-likeness (QED) is 0.123. The number of aryl methyl sites for hydroxylation is 2. The van der Waals surface area contributed by atoms with Crippen molar-refractivity contribution in [1.82, 2.24) is 0 Å². The highest BCUT2D eigenvalue weighted by Gasteiger charge is 2.22. The van der Waals surface area contributed by atoms with E-state index in [1.807, 2.05) is 0 Å². The minimum atomic E-state index is 0.468. The fraction of sp³-hybridized carbons (Fsp3) is 0.208. The lowest BCUT2D eigenvalue weighted by Crippen LogP contribution is -2.12. The van der Waals surface area contributed by atoms with Crippen molar-refractivity contribution in [3.05, 3.63) is 180 Å². The monoisotopic (exact) mass is 716 g/mol. The van der Waals surface area contributed by atoms with Gasteiger partial charge in [0.2, 0.25) is 0 Å². The average molecular weight is 717 g/mol. The van der Waals surface area contributed by atoms with Gasteiger partial charge >= 0.3 is 0 Å². The molecule has 1 atom stereocenters. The molecule has 0 heterocycles. The number of hydrogen-bond acceptors (Lipinski definition) is 2. The Hall–Kier alpha value is -5.86. The largest absolute Gasteiger partial charge is 0.310 e. The van der Waals surface area contributed by atoms with Gasteiger partial charge in [0.25, 0.3) is 0 Å². The maximum absolute atomic E-state index is 2.46. The van der Waals surface area contributed by atoms with E-state index in [4.69, 9.17) is 0 Å². The third kappa shape index (κ3) is 7.10. The van der Waals surface area contributed by atoms with E-state index in [0.717, 1.165) is 22.7 Å². The molecule has 55 heavy (non-hydrogen) atoms. The van der Waals surface area contributed by atoms with Crippen molar-refractivity contribution >= 4 is 66.4 Å². The van der Waals surface area contributed by atoms with Crippen LogP contribution in [0.5, 0.6) is 0 Å². The fourth-order valence-corrected chi connectivity index (χ4v) is 8.16. The van der Waals surface area contributed by atoms with Crippen LogP contribution in [0.25, 0.3) is 32.3 Å². The zero-order valence-corrected chi connectivity index (χ0v) is 33.2. The van der Waals surface area contributed by atoms with E-state index < -0.39 is 0 Å². The van der Waals surface area contributed by atoms with E-state index in [-0.39, 0.29) is 0 Å². The molecule has 2 nitrogen and oxygen atoms in total. The fourth-order valence-electron chi connectivity index (χ4n) is 8.16. The summed E-state index contributed by atoms with van der Waals surface area (Å²) in [5.74, 6) is 1.01. The molecule has 0 aliphatic carbocycles. The summed E-state index contributed by atoms with van der Waals surface area (Å²) in [7, 11) is 0. The molecular weight excluding hydrogens is 665 g/mol. The number of fused-ring (bicyclic) bond motifs is 5. The van der Waals surface area contributed by atoms with Crippen molar-refractivity contribution < 1.29 is 0 Å². The molecule has 0 radical (unpaired) electrons. The average Bonchev–Trinajstić information content (AvgIpc) is 3.22. The number of unbranched alkanes of at least 4 members (excludes halogenated alkanes) is 1. The predicted molar refractivity (Wildman–Crippen MR) is 240 cm³/mol. The number of rotatable bonds is 11. The Morgan fingerprint density at radius 1 is 0.418 bits per heavy atom. The topological polar surface area (TPSA) is 6.48 Å². The minimum Gasteiger partial charge on any atom is -0.310 e. The SMILES string of the molecule is CCCCC(C)c1ccc(N(c2ccc(C)cc2)c2cc3c4ccccc4c(N(c4ccc(C)cc4)c4ccc(C(C)C)cc4)cc3c3ccccc23)cc1. The molecule has 8 rings (SSSR count). The van der Waals surface area contributed by atoms with Crippen LogP contribution in [0.4, 0.5) is 34.1 Å². The van der Waals surface area contributed by atoms with Crippen LogP contribution in [0, 0.1) is 13.8 Å². The van der Waals surface area contributed by atoms with Gasteiger partial charge in [-0.1, -0.05) is 149 Å². The van der Waals surface area contributed by atoms with Crippen molar-refractivity contribution in [2.45, 2.75) is 72.6 Å². The van der Waals surface area contributed by atoms with Gasteiger partial charge in [-0.15, -0.1) is 0 Å². The second-order valence-electron chi connectivity index (χ2n) is 15.7. The lowest BCUT2D eigenvalue weighted by Gasteiger charge is -2.30. The molecule has 1 unspecified atom stereocenters. The highest BCUT2D eigenvalue weighted by molar-refractivity contribution is 6.24. The van der Waals surface area contributed by atoms with Gasteiger partial charge in [0.1, 0.15) is 0 Å². The van der Waals surface area contributed by atoms with E-state index in [2.05, 4.69) is 209 Å². The normalized spacial score (nSPS) is 12.1. The zero-order valence-electron chi connectivity index (χ0n) is 33.2. The molecule has 0 bridgehead atoms. The first-order chi connectivity index (χ1) is 26.8. The molecule has 0 amide bonds. The first-order valence-electron chi connectivity index (χ1n) is 20.1. The smallest absolute Gasteiger partial charge is 0.0546 e. The van der Waals surface area contributed by atoms with Crippen molar-refractivity contribution in [2.75, 3.05) is 9.80 Å². The van der Waals surface area contributed by atoms with Crippen LogP contribution in [0.2, 0.25) is 0 Å². The first-order valence-corrected chi connectivity index (χ1v) is 20.1. The van der Waals surface area contributed by atoms with E-state index in [9.17, 15) is 0 Å². The maximum Gasteiger partial charge on any atom is 0.0546 e. The summed E-state index contributed by atoms with van der Waals surface area (Å²) in [6, 6.07) is 59.2. The maximum atomic E-state index is 2.46. The molecule has 8 aromatic rings. The summed E-state index contributed by atoms with van der Waals surface area (Å²) >= 11 is 0. The summed E-state index contributed by atoms with van der Waals surface area (Å²) in [4.78, 5) is 4.90. The van der Waals surface area contributed by atoms with Crippen LogP contribution in [0.15, 0.2) is 158 Å². The molecule has 8 aromatic carbocycles.